The Hall–Kier alpha value is -2.30. The van der Waals surface area contributed by atoms with E-state index in [0.29, 0.717) is 10.6 Å². The topological polar surface area (TPSA) is 48.1 Å². The smallest absolute Gasteiger partial charge is 0.255 e. The summed E-state index contributed by atoms with van der Waals surface area (Å²) in [5.41, 5.74) is 5.96. The van der Waals surface area contributed by atoms with Crippen LogP contribution in [-0.2, 0) is 13.0 Å². The average molecular weight is 354 g/mol. The molecule has 25 heavy (non-hydrogen) atoms. The van der Waals surface area contributed by atoms with E-state index in [1.54, 1.807) is 0 Å². The van der Waals surface area contributed by atoms with Crippen molar-refractivity contribution in [3.05, 3.63) is 63.8 Å². The number of hydrogen-bond donors (Lipinski definition) is 2. The summed E-state index contributed by atoms with van der Waals surface area (Å²) in [5, 5.41) is 4.75. The molecule has 0 unspecified atom stereocenters. The Morgan fingerprint density at radius 1 is 1.28 bits per heavy atom. The number of carbonyl (C=O) groups is 1. The van der Waals surface area contributed by atoms with E-state index in [9.17, 15) is 4.79 Å². The number of likely N-dealkylation sites (N-methyl/N-ethyl adjacent to an activating group) is 1. The largest absolute Gasteiger partial charge is 0.358 e. The van der Waals surface area contributed by atoms with Crippen molar-refractivity contribution in [3.8, 4) is 0 Å². The van der Waals surface area contributed by atoms with E-state index < -0.39 is 0 Å². The van der Waals surface area contributed by atoms with Gasteiger partial charge in [-0.25, -0.2) is 0 Å². The molecule has 1 aliphatic heterocycles. The summed E-state index contributed by atoms with van der Waals surface area (Å²) in [4.78, 5) is 18.5. The zero-order chi connectivity index (χ0) is 17.6. The van der Waals surface area contributed by atoms with Crippen LogP contribution in [-0.4, -0.2) is 29.4 Å². The number of nitrogens with zero attached hydrogens (tertiary/aromatic N) is 1. The summed E-state index contributed by atoms with van der Waals surface area (Å²) in [5.74, 6) is -0.119. The van der Waals surface area contributed by atoms with Crippen LogP contribution in [0, 0.1) is 6.92 Å². The molecule has 0 atom stereocenters. The Balaban J connectivity index is 1.68. The maximum absolute atomic E-state index is 12.7. The van der Waals surface area contributed by atoms with Gasteiger partial charge in [0.05, 0.1) is 0 Å². The number of benzene rings is 2. The van der Waals surface area contributed by atoms with E-state index in [4.69, 9.17) is 11.6 Å². The van der Waals surface area contributed by atoms with Gasteiger partial charge in [-0.1, -0.05) is 17.7 Å². The molecule has 0 radical (unpaired) electrons. The van der Waals surface area contributed by atoms with E-state index in [-0.39, 0.29) is 5.91 Å². The number of anilines is 1. The van der Waals surface area contributed by atoms with Gasteiger partial charge in [0, 0.05) is 52.4 Å². The molecule has 2 heterocycles. The van der Waals surface area contributed by atoms with Gasteiger partial charge in [-0.15, -0.1) is 0 Å². The molecule has 0 spiro atoms. The number of aromatic nitrogens is 1. The van der Waals surface area contributed by atoms with E-state index >= 15 is 0 Å². The number of aromatic amines is 1. The number of fused-ring (bicyclic) bond motifs is 3. The fourth-order valence-corrected chi connectivity index (χ4v) is 3.60. The van der Waals surface area contributed by atoms with Crippen LogP contribution in [0.15, 0.2) is 36.4 Å². The summed E-state index contributed by atoms with van der Waals surface area (Å²) in [6.07, 6.45) is 1.02. The first-order chi connectivity index (χ1) is 12.0. The van der Waals surface area contributed by atoms with Crippen molar-refractivity contribution in [1.82, 2.24) is 9.88 Å². The lowest BCUT2D eigenvalue weighted by Gasteiger charge is -2.22. The van der Waals surface area contributed by atoms with Gasteiger partial charge in [0.25, 0.3) is 5.91 Å². The number of nitrogens with one attached hydrogen (secondary N) is 2. The zero-order valence-electron chi connectivity index (χ0n) is 14.3. The quantitative estimate of drug-likeness (QED) is 0.718. The first kappa shape index (κ1) is 16.2. The summed E-state index contributed by atoms with van der Waals surface area (Å²) < 4.78 is 0. The average Bonchev–Trinajstić information content (AvgIpc) is 2.96. The first-order valence-corrected chi connectivity index (χ1v) is 8.79. The molecule has 0 aliphatic carbocycles. The minimum atomic E-state index is -0.119. The third-order valence-electron chi connectivity index (χ3n) is 4.94. The molecule has 0 fully saturated rings. The third-order valence-corrected chi connectivity index (χ3v) is 5.35. The van der Waals surface area contributed by atoms with Crippen molar-refractivity contribution in [3.63, 3.8) is 0 Å². The number of hydrogen-bond acceptors (Lipinski definition) is 2. The lowest BCUT2D eigenvalue weighted by molar-refractivity contribution is 0.102. The molecule has 0 bridgehead atoms. The Morgan fingerprint density at radius 2 is 2.12 bits per heavy atom. The summed E-state index contributed by atoms with van der Waals surface area (Å²) in [6.45, 7) is 3.87. The fraction of sp³-hybridized carbons (Fsp3) is 0.250. The standard InChI is InChI=1S/C20H20ClN3O/c1-12-16(21)4-3-5-17(12)23-20(25)13-6-7-18-14(10-13)15-11-24(2)9-8-19(15)22-18/h3-7,10,22H,8-9,11H2,1-2H3,(H,23,25). The van der Waals surface area contributed by atoms with Crippen LogP contribution < -0.4 is 5.32 Å². The minimum absolute atomic E-state index is 0.119. The van der Waals surface area contributed by atoms with Gasteiger partial charge in [-0.05, 0) is 55.4 Å². The van der Waals surface area contributed by atoms with Gasteiger partial charge in [0.1, 0.15) is 0 Å². The Kier molecular flexibility index (Phi) is 4.02. The van der Waals surface area contributed by atoms with Gasteiger partial charge in [-0.2, -0.15) is 0 Å². The van der Waals surface area contributed by atoms with Crippen LogP contribution in [0.25, 0.3) is 10.9 Å². The lowest BCUT2D eigenvalue weighted by Crippen LogP contribution is -2.26. The number of halogens is 1. The highest BCUT2D eigenvalue weighted by Crippen LogP contribution is 2.29. The summed E-state index contributed by atoms with van der Waals surface area (Å²) >= 11 is 6.14. The van der Waals surface area contributed by atoms with E-state index in [0.717, 1.165) is 41.7 Å². The van der Waals surface area contributed by atoms with Crippen molar-refractivity contribution in [2.24, 2.45) is 0 Å². The molecule has 4 nitrogen and oxygen atoms in total. The van der Waals surface area contributed by atoms with Gasteiger partial charge < -0.3 is 15.2 Å². The number of rotatable bonds is 2. The molecule has 128 valence electrons. The molecule has 2 N–H and O–H groups in total. The van der Waals surface area contributed by atoms with Crippen LogP contribution in [0.5, 0.6) is 0 Å². The highest BCUT2D eigenvalue weighted by Gasteiger charge is 2.19. The van der Waals surface area contributed by atoms with Crippen LogP contribution >= 0.6 is 11.6 Å². The lowest BCUT2D eigenvalue weighted by atomic mass is 10.0. The van der Waals surface area contributed by atoms with Crippen LogP contribution in [0.2, 0.25) is 5.02 Å². The second-order valence-electron chi connectivity index (χ2n) is 6.70. The number of amides is 1. The SMILES string of the molecule is Cc1c(Cl)cccc1NC(=O)c1ccc2[nH]c3c(c2c1)CN(C)CC3. The predicted octanol–water partition coefficient (Wildman–Crippen LogP) is 4.37. The highest BCUT2D eigenvalue weighted by atomic mass is 35.5. The molecule has 1 aromatic heterocycles. The molecule has 1 aliphatic rings. The second kappa shape index (κ2) is 6.21. The Bertz CT molecular complexity index is 976. The maximum atomic E-state index is 12.7. The Morgan fingerprint density at radius 3 is 2.96 bits per heavy atom. The molecule has 2 aromatic carbocycles. The van der Waals surface area contributed by atoms with Crippen LogP contribution in [0.3, 0.4) is 0 Å². The van der Waals surface area contributed by atoms with Crippen LogP contribution in [0.4, 0.5) is 5.69 Å². The van der Waals surface area contributed by atoms with Crippen molar-refractivity contribution < 1.29 is 4.79 Å². The molecule has 0 saturated carbocycles. The van der Waals surface area contributed by atoms with Gasteiger partial charge in [0.2, 0.25) is 0 Å². The zero-order valence-corrected chi connectivity index (χ0v) is 15.1. The van der Waals surface area contributed by atoms with E-state index in [2.05, 4.69) is 22.2 Å². The van der Waals surface area contributed by atoms with Gasteiger partial charge in [0.15, 0.2) is 0 Å². The fourth-order valence-electron chi connectivity index (χ4n) is 3.43. The maximum Gasteiger partial charge on any atom is 0.255 e. The molecule has 3 aromatic rings. The highest BCUT2D eigenvalue weighted by molar-refractivity contribution is 6.31. The van der Waals surface area contributed by atoms with Crippen molar-refractivity contribution >= 4 is 34.1 Å². The van der Waals surface area contributed by atoms with Gasteiger partial charge >= 0.3 is 0 Å². The molecule has 1 amide bonds. The number of carbonyl (C=O) groups excluding carboxylic acids is 1. The van der Waals surface area contributed by atoms with Gasteiger partial charge in [-0.3, -0.25) is 4.79 Å². The molecular weight excluding hydrogens is 334 g/mol. The van der Waals surface area contributed by atoms with Crippen molar-refractivity contribution in [1.29, 1.82) is 0 Å². The molecule has 4 rings (SSSR count). The number of H-pyrrole nitrogens is 1. The predicted molar refractivity (Wildman–Crippen MR) is 102 cm³/mol. The minimum Gasteiger partial charge on any atom is -0.358 e. The summed E-state index contributed by atoms with van der Waals surface area (Å²) in [7, 11) is 2.13. The Labute approximate surface area is 151 Å². The van der Waals surface area contributed by atoms with Crippen molar-refractivity contribution in [2.75, 3.05) is 18.9 Å². The normalized spacial score (nSPS) is 14.5. The van der Waals surface area contributed by atoms with E-state index in [1.807, 2.05) is 43.3 Å². The summed E-state index contributed by atoms with van der Waals surface area (Å²) in [6, 6.07) is 11.4. The molecular formula is C20H20ClN3O. The second-order valence-corrected chi connectivity index (χ2v) is 7.10. The van der Waals surface area contributed by atoms with E-state index in [1.165, 1.54) is 11.3 Å². The van der Waals surface area contributed by atoms with Crippen LogP contribution in [0.1, 0.15) is 27.2 Å². The molecule has 5 heteroatoms. The first-order valence-electron chi connectivity index (χ1n) is 8.41. The molecule has 0 saturated heterocycles. The monoisotopic (exact) mass is 353 g/mol. The van der Waals surface area contributed by atoms with Crippen molar-refractivity contribution in [2.45, 2.75) is 19.9 Å². The third kappa shape index (κ3) is 2.92.